The topological polar surface area (TPSA) is 0 Å². The van der Waals surface area contributed by atoms with E-state index in [4.69, 9.17) is 0 Å². The van der Waals surface area contributed by atoms with Crippen molar-refractivity contribution in [3.05, 3.63) is 116 Å². The second-order valence-corrected chi connectivity index (χ2v) is 9.67. The van der Waals surface area contributed by atoms with E-state index >= 15 is 0 Å². The van der Waals surface area contributed by atoms with Gasteiger partial charge in [-0.2, -0.15) is 0 Å². The lowest BCUT2D eigenvalue weighted by Gasteiger charge is -2.00. The second kappa shape index (κ2) is 9.86. The highest BCUT2D eigenvalue weighted by atomic mass is 79.9. The average Bonchev–Trinajstić information content (AvgIpc) is 3.24. The van der Waals surface area contributed by atoms with Crippen LogP contribution in [0.3, 0.4) is 0 Å². The molecule has 0 atom stereocenters. The zero-order valence-corrected chi connectivity index (χ0v) is 19.0. The number of hydrogen-bond donors (Lipinski definition) is 0. The van der Waals surface area contributed by atoms with Crippen molar-refractivity contribution in [1.82, 2.24) is 0 Å². The molecule has 1 aliphatic carbocycles. The van der Waals surface area contributed by atoms with Gasteiger partial charge in [-0.05, 0) is 77.5 Å². The predicted octanol–water partition coefficient (Wildman–Crippen LogP) is 8.38. The summed E-state index contributed by atoms with van der Waals surface area (Å²) in [5, 5.41) is 0. The molecule has 0 saturated heterocycles. The summed E-state index contributed by atoms with van der Waals surface area (Å²) in [4.78, 5) is 1.35. The summed E-state index contributed by atoms with van der Waals surface area (Å²) in [6.07, 6.45) is 1.10. The van der Waals surface area contributed by atoms with Crippen molar-refractivity contribution >= 4 is 27.3 Å². The third-order valence-corrected chi connectivity index (χ3v) is 6.14. The number of benzene rings is 3. The van der Waals surface area contributed by atoms with Gasteiger partial charge in [-0.15, -0.1) is 11.3 Å². The predicted molar refractivity (Wildman–Crippen MR) is 127 cm³/mol. The van der Waals surface area contributed by atoms with Crippen molar-refractivity contribution in [2.24, 2.45) is 0 Å². The number of aryl methyl sites for hydroxylation is 3. The number of hydrogen-bond acceptors (Lipinski definition) is 1. The monoisotopic (exact) mass is 448 g/mol. The van der Waals surface area contributed by atoms with Crippen LogP contribution >= 0.6 is 27.3 Å². The molecule has 0 spiro atoms. The Labute approximate surface area is 181 Å². The molecule has 0 N–H and O–H groups in total. The van der Waals surface area contributed by atoms with Gasteiger partial charge in [0.25, 0.3) is 0 Å². The fraction of sp³-hybridized carbons (Fsp3) is 0.154. The van der Waals surface area contributed by atoms with Crippen molar-refractivity contribution in [1.29, 1.82) is 0 Å². The van der Waals surface area contributed by atoms with E-state index in [1.165, 1.54) is 42.0 Å². The lowest BCUT2D eigenvalue weighted by atomic mass is 10.0. The Morgan fingerprint density at radius 2 is 1.32 bits per heavy atom. The minimum absolute atomic E-state index is 1.10. The Morgan fingerprint density at radius 1 is 0.643 bits per heavy atom. The normalized spacial score (nSPS) is 10.7. The smallest absolute Gasteiger partial charge is 0.0701 e. The summed E-state index contributed by atoms with van der Waals surface area (Å²) in [5.74, 6) is 0. The van der Waals surface area contributed by atoms with Gasteiger partial charge in [0.2, 0.25) is 0 Å². The van der Waals surface area contributed by atoms with E-state index in [-0.39, 0.29) is 0 Å². The molecule has 28 heavy (non-hydrogen) atoms. The second-order valence-electron chi connectivity index (χ2n) is 7.00. The highest BCUT2D eigenvalue weighted by molar-refractivity contribution is 9.11. The molecule has 0 fully saturated rings. The molecule has 0 nitrogen and oxygen atoms in total. The molecule has 5 rings (SSSR count). The molecular formula is C26H25BrS. The highest BCUT2D eigenvalue weighted by Gasteiger charge is 2.16. The maximum atomic E-state index is 3.35. The van der Waals surface area contributed by atoms with Gasteiger partial charge < -0.3 is 0 Å². The van der Waals surface area contributed by atoms with Gasteiger partial charge >= 0.3 is 0 Å². The van der Waals surface area contributed by atoms with Gasteiger partial charge in [0.1, 0.15) is 0 Å². The first-order chi connectivity index (χ1) is 13.5. The molecule has 0 saturated carbocycles. The van der Waals surface area contributed by atoms with Gasteiger partial charge in [0.05, 0.1) is 3.79 Å². The standard InChI is InChI=1S/C14H12.C7H8.C5H5BrS/c1-10-6-7-14-12(8-10)9-11-4-2-3-5-13(11)14;1-7-5-3-2-4-6-7;1-4-2-3-5(6)7-4/h2-8H,9H2,1H3;2-6H,1H3;2-3H,1H3. The van der Waals surface area contributed by atoms with Crippen LogP contribution in [-0.2, 0) is 6.42 Å². The largest absolute Gasteiger partial charge is 0.134 e. The first-order valence-electron chi connectivity index (χ1n) is 9.44. The quantitative estimate of drug-likeness (QED) is 0.223. The van der Waals surface area contributed by atoms with Crippen LogP contribution < -0.4 is 0 Å². The van der Waals surface area contributed by atoms with Crippen LogP contribution in [0.2, 0.25) is 0 Å². The van der Waals surface area contributed by atoms with Crippen molar-refractivity contribution in [3.63, 3.8) is 0 Å². The van der Waals surface area contributed by atoms with Crippen LogP contribution in [0.25, 0.3) is 11.1 Å². The Kier molecular flexibility index (Phi) is 7.24. The van der Waals surface area contributed by atoms with Crippen molar-refractivity contribution in [2.45, 2.75) is 27.2 Å². The lowest BCUT2D eigenvalue weighted by molar-refractivity contribution is 1.25. The molecule has 0 unspecified atom stereocenters. The molecule has 0 aliphatic heterocycles. The number of rotatable bonds is 0. The molecule has 1 heterocycles. The molecule has 4 aromatic rings. The number of halogens is 1. The molecule has 2 heteroatoms. The zero-order chi connectivity index (χ0) is 19.9. The maximum absolute atomic E-state index is 3.35. The van der Waals surface area contributed by atoms with E-state index in [0.29, 0.717) is 0 Å². The van der Waals surface area contributed by atoms with Crippen molar-refractivity contribution in [2.75, 3.05) is 0 Å². The molecule has 0 amide bonds. The first-order valence-corrected chi connectivity index (χ1v) is 11.1. The SMILES string of the molecule is Cc1ccc(Br)s1.Cc1ccc2c(c1)Cc1ccccc1-2.Cc1ccccc1. The van der Waals surface area contributed by atoms with Crippen LogP contribution in [0, 0.1) is 20.8 Å². The van der Waals surface area contributed by atoms with Crippen molar-refractivity contribution in [3.8, 4) is 11.1 Å². The molecule has 3 aromatic carbocycles. The molecule has 1 aromatic heterocycles. The fourth-order valence-electron chi connectivity index (χ4n) is 3.21. The van der Waals surface area contributed by atoms with E-state index in [2.05, 4.69) is 103 Å². The summed E-state index contributed by atoms with van der Waals surface area (Å²) < 4.78 is 1.21. The summed E-state index contributed by atoms with van der Waals surface area (Å²) in [7, 11) is 0. The molecule has 0 bridgehead atoms. The van der Waals surface area contributed by atoms with Crippen LogP contribution in [0.1, 0.15) is 27.1 Å². The van der Waals surface area contributed by atoms with Gasteiger partial charge in [0, 0.05) is 4.88 Å². The van der Waals surface area contributed by atoms with E-state index in [1.807, 2.05) is 18.2 Å². The molecule has 0 radical (unpaired) electrons. The van der Waals surface area contributed by atoms with Gasteiger partial charge in [-0.25, -0.2) is 0 Å². The molecular weight excluding hydrogens is 424 g/mol. The Morgan fingerprint density at radius 3 is 1.89 bits per heavy atom. The molecule has 1 aliphatic rings. The number of thiophene rings is 1. The van der Waals surface area contributed by atoms with E-state index in [1.54, 1.807) is 11.3 Å². The van der Waals surface area contributed by atoms with Gasteiger partial charge in [0.15, 0.2) is 0 Å². The maximum Gasteiger partial charge on any atom is 0.0701 e. The van der Waals surface area contributed by atoms with E-state index < -0.39 is 0 Å². The van der Waals surface area contributed by atoms with E-state index in [9.17, 15) is 0 Å². The summed E-state index contributed by atoms with van der Waals surface area (Å²) in [6.45, 7) is 6.33. The fourth-order valence-corrected chi connectivity index (χ4v) is 4.69. The third kappa shape index (κ3) is 5.67. The minimum atomic E-state index is 1.10. The van der Waals surface area contributed by atoms with Crippen molar-refractivity contribution < 1.29 is 0 Å². The Balaban J connectivity index is 0.000000136. The highest BCUT2D eigenvalue weighted by Crippen LogP contribution is 2.36. The van der Waals surface area contributed by atoms with Crippen LogP contribution in [0.5, 0.6) is 0 Å². The average molecular weight is 449 g/mol. The van der Waals surface area contributed by atoms with Crippen LogP contribution in [0.15, 0.2) is 88.7 Å². The first kappa shape index (κ1) is 20.6. The Hall–Kier alpha value is -2.16. The summed E-state index contributed by atoms with van der Waals surface area (Å²) in [6, 6.07) is 29.8. The van der Waals surface area contributed by atoms with Gasteiger partial charge in [-0.1, -0.05) is 83.9 Å². The zero-order valence-electron chi connectivity index (χ0n) is 16.6. The lowest BCUT2D eigenvalue weighted by Crippen LogP contribution is -1.80. The molecule has 142 valence electrons. The van der Waals surface area contributed by atoms with E-state index in [0.717, 1.165) is 6.42 Å². The third-order valence-electron chi connectivity index (χ3n) is 4.60. The summed E-state index contributed by atoms with van der Waals surface area (Å²) >= 11 is 5.11. The number of fused-ring (bicyclic) bond motifs is 3. The van der Waals surface area contributed by atoms with Crippen LogP contribution in [-0.4, -0.2) is 0 Å². The Bertz CT molecular complexity index is 1010. The minimum Gasteiger partial charge on any atom is -0.134 e. The van der Waals surface area contributed by atoms with Crippen LogP contribution in [0.4, 0.5) is 0 Å². The summed E-state index contributed by atoms with van der Waals surface area (Å²) in [5.41, 5.74) is 8.46. The van der Waals surface area contributed by atoms with Gasteiger partial charge in [-0.3, -0.25) is 0 Å².